The Kier molecular flexibility index (Phi) is 6.34. The fourth-order valence-corrected chi connectivity index (χ4v) is 7.91. The summed E-state index contributed by atoms with van der Waals surface area (Å²) in [5.74, 6) is 0. The van der Waals surface area contributed by atoms with Crippen LogP contribution in [0.15, 0.2) is 60.7 Å². The molecule has 0 aliphatic heterocycles. The van der Waals surface area contributed by atoms with Crippen molar-refractivity contribution in [1.82, 2.24) is 0 Å². The zero-order valence-electron chi connectivity index (χ0n) is 14.0. The predicted molar refractivity (Wildman–Crippen MR) is 95.6 cm³/mol. The summed E-state index contributed by atoms with van der Waals surface area (Å²) in [6.07, 6.45) is 0. The third-order valence-electron chi connectivity index (χ3n) is 3.52. The van der Waals surface area contributed by atoms with Crippen LogP contribution in [-0.2, 0) is 18.2 Å². The Morgan fingerprint density at radius 1 is 0.760 bits per heavy atom. The normalized spacial score (nSPS) is 16.8. The summed E-state index contributed by atoms with van der Waals surface area (Å²) in [5, 5.41) is -4.61. The van der Waals surface area contributed by atoms with Gasteiger partial charge in [-0.1, -0.05) is 36.4 Å². The van der Waals surface area contributed by atoms with Gasteiger partial charge in [-0.2, -0.15) is 8.78 Å². The molecule has 0 heterocycles. The van der Waals surface area contributed by atoms with E-state index in [9.17, 15) is 9.13 Å². The smallest absolute Gasteiger partial charge is 0.321 e. The SMILES string of the molecule is CCOP(=O)(c1ccccc1)C(F)(F)P(=O)(OCC)c1ccccc1. The number of rotatable bonds is 8. The molecule has 0 amide bonds. The molecule has 2 rings (SSSR count). The molecule has 0 aromatic heterocycles. The maximum absolute atomic E-state index is 15.5. The van der Waals surface area contributed by atoms with Gasteiger partial charge >= 0.3 is 20.1 Å². The average Bonchev–Trinajstić information content (AvgIpc) is 2.63. The average molecular weight is 388 g/mol. The Hall–Kier alpha value is -1.32. The molecule has 0 N–H and O–H groups in total. The molecule has 0 spiro atoms. The van der Waals surface area contributed by atoms with Crippen molar-refractivity contribution in [3.63, 3.8) is 0 Å². The summed E-state index contributed by atoms with van der Waals surface area (Å²) in [6.45, 7) is 2.48. The van der Waals surface area contributed by atoms with Crippen LogP contribution in [0.1, 0.15) is 13.8 Å². The molecule has 0 bridgehead atoms. The maximum atomic E-state index is 15.5. The van der Waals surface area contributed by atoms with Crippen molar-refractivity contribution in [1.29, 1.82) is 0 Å². The lowest BCUT2D eigenvalue weighted by Gasteiger charge is -2.32. The quantitative estimate of drug-likeness (QED) is 0.609. The highest BCUT2D eigenvalue weighted by Crippen LogP contribution is 2.77. The van der Waals surface area contributed by atoms with E-state index in [2.05, 4.69) is 0 Å². The Labute approximate surface area is 146 Å². The lowest BCUT2D eigenvalue weighted by atomic mass is 10.4. The minimum Gasteiger partial charge on any atom is -0.321 e. The van der Waals surface area contributed by atoms with Crippen LogP contribution >= 0.6 is 14.7 Å². The number of alkyl halides is 2. The zero-order valence-corrected chi connectivity index (χ0v) is 15.8. The van der Waals surface area contributed by atoms with Gasteiger partial charge in [0.25, 0.3) is 0 Å². The molecule has 8 heteroatoms. The Bertz CT molecular complexity index is 716. The van der Waals surface area contributed by atoms with E-state index < -0.39 is 20.1 Å². The van der Waals surface area contributed by atoms with Crippen molar-refractivity contribution in [3.05, 3.63) is 60.7 Å². The van der Waals surface area contributed by atoms with Gasteiger partial charge in [-0.05, 0) is 38.1 Å². The summed E-state index contributed by atoms with van der Waals surface area (Å²) in [4.78, 5) is 0. The Morgan fingerprint density at radius 2 is 1.08 bits per heavy atom. The van der Waals surface area contributed by atoms with Crippen LogP contribution in [0.4, 0.5) is 8.78 Å². The molecule has 25 heavy (non-hydrogen) atoms. The Balaban J connectivity index is 2.69. The molecule has 0 aliphatic rings. The van der Waals surface area contributed by atoms with Gasteiger partial charge in [-0.15, -0.1) is 0 Å². The molecular formula is C17H20F2O4P2. The van der Waals surface area contributed by atoms with Gasteiger partial charge in [-0.25, -0.2) is 0 Å². The van der Waals surface area contributed by atoms with E-state index in [4.69, 9.17) is 9.05 Å². The summed E-state index contributed by atoms with van der Waals surface area (Å²) >= 11 is 0. The first-order valence-corrected chi connectivity index (χ1v) is 11.1. The lowest BCUT2D eigenvalue weighted by Crippen LogP contribution is -2.31. The minimum atomic E-state index is -4.81. The van der Waals surface area contributed by atoms with Crippen LogP contribution in [0.25, 0.3) is 0 Å². The highest BCUT2D eigenvalue weighted by molar-refractivity contribution is 7.85. The van der Waals surface area contributed by atoms with Crippen molar-refractivity contribution in [2.45, 2.75) is 19.3 Å². The van der Waals surface area contributed by atoms with Crippen LogP contribution in [0.2, 0.25) is 0 Å². The van der Waals surface area contributed by atoms with Gasteiger partial charge < -0.3 is 9.05 Å². The van der Waals surface area contributed by atoms with Crippen LogP contribution in [0, 0.1) is 0 Å². The molecule has 2 aromatic rings. The fraction of sp³-hybridized carbons (Fsp3) is 0.294. The second-order valence-electron chi connectivity index (χ2n) is 5.12. The van der Waals surface area contributed by atoms with Crippen LogP contribution in [0.3, 0.4) is 0 Å². The third kappa shape index (κ3) is 3.50. The molecule has 2 unspecified atom stereocenters. The number of benzene rings is 2. The predicted octanol–water partition coefficient (Wildman–Crippen LogP) is 4.82. The van der Waals surface area contributed by atoms with Gasteiger partial charge in [-0.3, -0.25) is 9.13 Å². The van der Waals surface area contributed by atoms with Crippen LogP contribution < -0.4 is 10.6 Å². The van der Waals surface area contributed by atoms with Gasteiger partial charge in [0, 0.05) is 10.6 Å². The highest BCUT2D eigenvalue weighted by atomic mass is 31.2. The summed E-state index contributed by atoms with van der Waals surface area (Å²) < 4.78 is 67.7. The van der Waals surface area contributed by atoms with Gasteiger partial charge in [0.05, 0.1) is 13.2 Å². The highest BCUT2D eigenvalue weighted by Gasteiger charge is 2.66. The second-order valence-corrected chi connectivity index (χ2v) is 10.4. The molecular weight excluding hydrogens is 368 g/mol. The first-order chi connectivity index (χ1) is 11.8. The minimum absolute atomic E-state index is 0.197. The molecule has 0 saturated heterocycles. The van der Waals surface area contributed by atoms with Crippen molar-refractivity contribution < 1.29 is 27.0 Å². The topological polar surface area (TPSA) is 52.6 Å². The zero-order chi connectivity index (χ0) is 18.6. The number of hydrogen-bond acceptors (Lipinski definition) is 4. The lowest BCUT2D eigenvalue weighted by molar-refractivity contribution is 0.131. The van der Waals surface area contributed by atoms with E-state index in [0.717, 1.165) is 0 Å². The molecule has 2 atom stereocenters. The van der Waals surface area contributed by atoms with Crippen molar-refractivity contribution >= 4 is 25.3 Å². The van der Waals surface area contributed by atoms with Crippen molar-refractivity contribution in [2.75, 3.05) is 13.2 Å². The third-order valence-corrected chi connectivity index (χ3v) is 9.72. The molecule has 0 saturated carbocycles. The number of halogens is 2. The first-order valence-electron chi connectivity index (χ1n) is 7.82. The van der Waals surface area contributed by atoms with Gasteiger partial charge in [0.1, 0.15) is 0 Å². The molecule has 0 aliphatic carbocycles. The van der Waals surface area contributed by atoms with E-state index in [1.165, 1.54) is 62.4 Å². The van der Waals surface area contributed by atoms with E-state index >= 15 is 8.78 Å². The largest absolute Gasteiger partial charge is 0.402 e. The summed E-state index contributed by atoms with van der Waals surface area (Å²) in [6, 6.07) is 14.3. The van der Waals surface area contributed by atoms with E-state index in [1.54, 1.807) is 12.1 Å². The van der Waals surface area contributed by atoms with E-state index in [-0.39, 0.29) is 23.8 Å². The molecule has 4 nitrogen and oxygen atoms in total. The van der Waals surface area contributed by atoms with E-state index in [1.807, 2.05) is 0 Å². The van der Waals surface area contributed by atoms with Crippen LogP contribution in [0.5, 0.6) is 0 Å². The standard InChI is InChI=1S/C17H20F2O4P2/c1-3-22-24(20,15-11-7-5-8-12-15)17(18,19)25(21,23-4-2)16-13-9-6-10-14-16/h5-14H,3-4H2,1-2H3. The maximum Gasteiger partial charge on any atom is 0.402 e. The van der Waals surface area contributed by atoms with Gasteiger partial charge in [0.2, 0.25) is 0 Å². The Morgan fingerprint density at radius 3 is 1.36 bits per heavy atom. The van der Waals surface area contributed by atoms with Crippen molar-refractivity contribution in [3.8, 4) is 0 Å². The first kappa shape index (κ1) is 20.0. The molecule has 0 fully saturated rings. The van der Waals surface area contributed by atoms with Crippen molar-refractivity contribution in [2.24, 2.45) is 0 Å². The molecule has 136 valence electrons. The molecule has 2 aromatic carbocycles. The summed E-state index contributed by atoms with van der Waals surface area (Å²) in [7, 11) is -9.63. The van der Waals surface area contributed by atoms with Crippen LogP contribution in [-0.4, -0.2) is 18.6 Å². The van der Waals surface area contributed by atoms with E-state index in [0.29, 0.717) is 0 Å². The monoisotopic (exact) mass is 388 g/mol. The fourth-order valence-electron chi connectivity index (χ4n) is 2.40. The summed E-state index contributed by atoms with van der Waals surface area (Å²) in [5.41, 5.74) is 0. The number of hydrogen-bond donors (Lipinski definition) is 0. The second kappa shape index (κ2) is 7.92. The molecule has 0 radical (unpaired) electrons. The van der Waals surface area contributed by atoms with Gasteiger partial charge in [0.15, 0.2) is 0 Å².